The van der Waals surface area contributed by atoms with Gasteiger partial charge in [0.25, 0.3) is 0 Å². The second-order valence-corrected chi connectivity index (χ2v) is 4.45. The number of carboxylic acid groups (broad SMARTS) is 1. The molecule has 1 rings (SSSR count). The molecule has 0 heterocycles. The Morgan fingerprint density at radius 1 is 1.36 bits per heavy atom. The van der Waals surface area contributed by atoms with E-state index in [-0.39, 0.29) is 0 Å². The average molecular weight is 320 g/mol. The van der Waals surface area contributed by atoms with Crippen molar-refractivity contribution in [1.29, 1.82) is 0 Å². The molecular formula is C10H8Br2O2. The Kier molecular flexibility index (Phi) is 3.89. The molecule has 2 nitrogen and oxygen atoms in total. The van der Waals surface area contributed by atoms with E-state index in [9.17, 15) is 4.79 Å². The lowest BCUT2D eigenvalue weighted by molar-refractivity contribution is -0.131. The van der Waals surface area contributed by atoms with Crippen LogP contribution in [0.25, 0.3) is 6.08 Å². The first-order chi connectivity index (χ1) is 6.52. The number of benzene rings is 1. The standard InChI is InChI=1S/C10H8Br2O2/c1-6-7(2-5-10(13)14)9(12)4-3-8(6)11/h2-5H,1H3,(H,13,14)/b5-2+. The molecule has 0 aliphatic rings. The predicted molar refractivity (Wildman–Crippen MR) is 63.2 cm³/mol. The van der Waals surface area contributed by atoms with Crippen LogP contribution in [0, 0.1) is 6.92 Å². The summed E-state index contributed by atoms with van der Waals surface area (Å²) in [5.74, 6) is -0.948. The zero-order chi connectivity index (χ0) is 10.7. The van der Waals surface area contributed by atoms with Gasteiger partial charge >= 0.3 is 5.97 Å². The van der Waals surface area contributed by atoms with Crippen molar-refractivity contribution in [3.8, 4) is 0 Å². The van der Waals surface area contributed by atoms with Gasteiger partial charge in [0.1, 0.15) is 0 Å². The lowest BCUT2D eigenvalue weighted by atomic mass is 10.1. The van der Waals surface area contributed by atoms with E-state index in [1.54, 1.807) is 6.08 Å². The molecular weight excluding hydrogens is 312 g/mol. The molecule has 14 heavy (non-hydrogen) atoms. The van der Waals surface area contributed by atoms with E-state index < -0.39 is 5.97 Å². The number of rotatable bonds is 2. The molecule has 1 N–H and O–H groups in total. The molecule has 0 spiro atoms. The molecule has 0 aromatic heterocycles. The van der Waals surface area contributed by atoms with Crippen molar-refractivity contribution in [2.75, 3.05) is 0 Å². The summed E-state index contributed by atoms with van der Waals surface area (Å²) < 4.78 is 1.85. The highest BCUT2D eigenvalue weighted by molar-refractivity contribution is 9.11. The van der Waals surface area contributed by atoms with Crippen LogP contribution in [0.3, 0.4) is 0 Å². The lowest BCUT2D eigenvalue weighted by Crippen LogP contribution is -1.89. The van der Waals surface area contributed by atoms with Crippen molar-refractivity contribution in [3.05, 3.63) is 38.3 Å². The third kappa shape index (κ3) is 2.69. The summed E-state index contributed by atoms with van der Waals surface area (Å²) >= 11 is 6.75. The molecule has 0 radical (unpaired) electrons. The summed E-state index contributed by atoms with van der Waals surface area (Å²) in [5.41, 5.74) is 1.89. The fourth-order valence-electron chi connectivity index (χ4n) is 1.03. The lowest BCUT2D eigenvalue weighted by Gasteiger charge is -2.05. The van der Waals surface area contributed by atoms with E-state index in [4.69, 9.17) is 5.11 Å². The van der Waals surface area contributed by atoms with E-state index in [1.165, 1.54) is 0 Å². The number of halogens is 2. The summed E-state index contributed by atoms with van der Waals surface area (Å²) in [4.78, 5) is 10.4. The number of carbonyl (C=O) groups is 1. The Morgan fingerprint density at radius 3 is 2.50 bits per heavy atom. The second kappa shape index (κ2) is 4.75. The fourth-order valence-corrected chi connectivity index (χ4v) is 1.94. The van der Waals surface area contributed by atoms with Crippen molar-refractivity contribution < 1.29 is 9.90 Å². The summed E-state index contributed by atoms with van der Waals surface area (Å²) in [6, 6.07) is 3.79. The van der Waals surface area contributed by atoms with E-state index in [2.05, 4.69) is 31.9 Å². The van der Waals surface area contributed by atoms with Crippen molar-refractivity contribution in [2.45, 2.75) is 6.92 Å². The van der Waals surface area contributed by atoms with Gasteiger partial charge in [-0.15, -0.1) is 0 Å². The highest BCUT2D eigenvalue weighted by Crippen LogP contribution is 2.27. The van der Waals surface area contributed by atoms with Gasteiger partial charge < -0.3 is 5.11 Å². The summed E-state index contributed by atoms with van der Waals surface area (Å²) in [7, 11) is 0. The minimum Gasteiger partial charge on any atom is -0.478 e. The molecule has 0 saturated heterocycles. The van der Waals surface area contributed by atoms with Gasteiger partial charge in [-0.1, -0.05) is 31.9 Å². The molecule has 0 amide bonds. The molecule has 0 bridgehead atoms. The minimum atomic E-state index is -0.948. The second-order valence-electron chi connectivity index (χ2n) is 2.74. The highest BCUT2D eigenvalue weighted by Gasteiger charge is 2.04. The van der Waals surface area contributed by atoms with Gasteiger partial charge in [0.15, 0.2) is 0 Å². The van der Waals surface area contributed by atoms with Crippen molar-refractivity contribution in [3.63, 3.8) is 0 Å². The van der Waals surface area contributed by atoms with Gasteiger partial charge in [-0.25, -0.2) is 4.79 Å². The van der Waals surface area contributed by atoms with Crippen molar-refractivity contribution in [2.24, 2.45) is 0 Å². The number of hydrogen-bond acceptors (Lipinski definition) is 1. The fraction of sp³-hybridized carbons (Fsp3) is 0.100. The third-order valence-electron chi connectivity index (χ3n) is 1.79. The predicted octanol–water partition coefficient (Wildman–Crippen LogP) is 3.62. The van der Waals surface area contributed by atoms with Gasteiger partial charge in [0, 0.05) is 15.0 Å². The molecule has 4 heteroatoms. The summed E-state index contributed by atoms with van der Waals surface area (Å²) in [5, 5.41) is 8.51. The van der Waals surface area contributed by atoms with Crippen LogP contribution in [0.5, 0.6) is 0 Å². The van der Waals surface area contributed by atoms with E-state index in [0.717, 1.165) is 26.1 Å². The van der Waals surface area contributed by atoms with E-state index in [1.807, 2.05) is 19.1 Å². The number of aliphatic carboxylic acids is 1. The monoisotopic (exact) mass is 318 g/mol. The van der Waals surface area contributed by atoms with Gasteiger partial charge in [-0.2, -0.15) is 0 Å². The molecule has 1 aromatic carbocycles. The topological polar surface area (TPSA) is 37.3 Å². The van der Waals surface area contributed by atoms with Gasteiger partial charge in [-0.05, 0) is 36.3 Å². The molecule has 1 aromatic rings. The first-order valence-corrected chi connectivity index (χ1v) is 5.46. The zero-order valence-corrected chi connectivity index (χ0v) is 10.6. The SMILES string of the molecule is Cc1c(Br)ccc(Br)c1/C=C/C(=O)O. The van der Waals surface area contributed by atoms with Crippen LogP contribution < -0.4 is 0 Å². The Morgan fingerprint density at radius 2 is 1.93 bits per heavy atom. The highest BCUT2D eigenvalue weighted by atomic mass is 79.9. The Balaban J connectivity index is 3.19. The maximum Gasteiger partial charge on any atom is 0.328 e. The molecule has 0 atom stereocenters. The van der Waals surface area contributed by atoms with E-state index >= 15 is 0 Å². The van der Waals surface area contributed by atoms with Crippen LogP contribution in [0.2, 0.25) is 0 Å². The van der Waals surface area contributed by atoms with Crippen LogP contribution in [0.4, 0.5) is 0 Å². The largest absolute Gasteiger partial charge is 0.478 e. The molecule has 74 valence electrons. The Bertz CT molecular complexity index is 397. The normalized spacial score (nSPS) is 10.8. The van der Waals surface area contributed by atoms with Crippen LogP contribution in [0.1, 0.15) is 11.1 Å². The zero-order valence-electron chi connectivity index (χ0n) is 7.42. The summed E-state index contributed by atoms with van der Waals surface area (Å²) in [6.45, 7) is 1.93. The number of hydrogen-bond donors (Lipinski definition) is 1. The molecule has 0 aliphatic heterocycles. The molecule has 0 aliphatic carbocycles. The quantitative estimate of drug-likeness (QED) is 0.845. The minimum absolute atomic E-state index is 0.877. The van der Waals surface area contributed by atoms with Crippen molar-refractivity contribution in [1.82, 2.24) is 0 Å². The molecule has 0 saturated carbocycles. The van der Waals surface area contributed by atoms with Crippen LogP contribution in [-0.2, 0) is 4.79 Å². The number of carboxylic acids is 1. The van der Waals surface area contributed by atoms with E-state index in [0.29, 0.717) is 0 Å². The molecule has 0 fully saturated rings. The Labute approximate surface area is 98.9 Å². The molecule has 0 unspecified atom stereocenters. The third-order valence-corrected chi connectivity index (χ3v) is 3.34. The smallest absolute Gasteiger partial charge is 0.328 e. The summed E-state index contributed by atoms with van der Waals surface area (Å²) in [6.07, 6.45) is 2.70. The maximum absolute atomic E-state index is 10.4. The van der Waals surface area contributed by atoms with Crippen LogP contribution >= 0.6 is 31.9 Å². The maximum atomic E-state index is 10.4. The van der Waals surface area contributed by atoms with Crippen LogP contribution in [-0.4, -0.2) is 11.1 Å². The first-order valence-electron chi connectivity index (χ1n) is 3.88. The van der Waals surface area contributed by atoms with Gasteiger partial charge in [-0.3, -0.25) is 0 Å². The van der Waals surface area contributed by atoms with Crippen LogP contribution in [0.15, 0.2) is 27.2 Å². The van der Waals surface area contributed by atoms with Gasteiger partial charge in [0.05, 0.1) is 0 Å². The first kappa shape index (κ1) is 11.5. The Hall–Kier alpha value is -0.610. The van der Waals surface area contributed by atoms with Gasteiger partial charge in [0.2, 0.25) is 0 Å². The van der Waals surface area contributed by atoms with Crippen molar-refractivity contribution >= 4 is 43.9 Å². The average Bonchev–Trinajstić information content (AvgIpc) is 2.11.